The van der Waals surface area contributed by atoms with E-state index in [0.717, 1.165) is 5.69 Å². The molecule has 0 radical (unpaired) electrons. The first-order valence-electron chi connectivity index (χ1n) is 15.1. The highest BCUT2D eigenvalue weighted by atomic mass is 15.0. The first-order valence-corrected chi connectivity index (χ1v) is 15.1. The molecule has 0 unspecified atom stereocenters. The Morgan fingerprint density at radius 3 is 1.45 bits per heavy atom. The van der Waals surface area contributed by atoms with Crippen LogP contribution in [0.15, 0.2) is 170 Å². The average Bonchev–Trinajstić information content (AvgIpc) is 3.61. The molecule has 0 amide bonds. The largest absolute Gasteiger partial charge is 0.309 e. The second-order valence-corrected chi connectivity index (χ2v) is 11.4. The van der Waals surface area contributed by atoms with Crippen LogP contribution in [0.25, 0.3) is 77.2 Å². The van der Waals surface area contributed by atoms with Crippen molar-refractivity contribution in [1.29, 1.82) is 0 Å². The Labute approximate surface area is 255 Å². The van der Waals surface area contributed by atoms with Gasteiger partial charge in [-0.05, 0) is 65.2 Å². The highest BCUT2D eigenvalue weighted by molar-refractivity contribution is 6.12. The van der Waals surface area contributed by atoms with E-state index in [1.54, 1.807) is 0 Å². The second kappa shape index (κ2) is 9.86. The van der Waals surface area contributed by atoms with Gasteiger partial charge in [0.1, 0.15) is 0 Å². The van der Waals surface area contributed by atoms with E-state index in [1.807, 2.05) is 0 Å². The van der Waals surface area contributed by atoms with Gasteiger partial charge in [-0.3, -0.25) is 0 Å². The number of hydrogen-bond acceptors (Lipinski definition) is 0. The molecule has 0 bridgehead atoms. The van der Waals surface area contributed by atoms with Gasteiger partial charge in [-0.1, -0.05) is 121 Å². The number of benzene rings is 7. The summed E-state index contributed by atoms with van der Waals surface area (Å²) in [5.41, 5.74) is 12.1. The Morgan fingerprint density at radius 1 is 0.295 bits per heavy atom. The SMILES string of the molecule is c1ccc(-c2ccc(-n3c4ccccc4c4cc(-c5ccccc5-n5c6ccccc6c6ccccc65)ccc43)cc2)cc1. The van der Waals surface area contributed by atoms with Gasteiger partial charge in [0.2, 0.25) is 0 Å². The molecule has 2 heterocycles. The Hall–Kier alpha value is -5.86. The molecule has 2 nitrogen and oxygen atoms in total. The molecule has 0 aliphatic heterocycles. The van der Waals surface area contributed by atoms with Crippen molar-refractivity contribution in [1.82, 2.24) is 9.13 Å². The summed E-state index contributed by atoms with van der Waals surface area (Å²) in [6.07, 6.45) is 0. The predicted octanol–water partition coefficient (Wildman–Crippen LogP) is 11.2. The zero-order valence-corrected chi connectivity index (χ0v) is 24.1. The summed E-state index contributed by atoms with van der Waals surface area (Å²) in [7, 11) is 0. The zero-order valence-electron chi connectivity index (χ0n) is 24.1. The summed E-state index contributed by atoms with van der Waals surface area (Å²) in [6.45, 7) is 0. The van der Waals surface area contributed by atoms with Gasteiger partial charge < -0.3 is 9.13 Å². The molecule has 2 aromatic heterocycles. The molecule has 2 heteroatoms. The fraction of sp³-hybridized carbons (Fsp3) is 0. The molecule has 9 rings (SSSR count). The van der Waals surface area contributed by atoms with Crippen molar-refractivity contribution in [3.8, 4) is 33.6 Å². The molecule has 0 aliphatic rings. The fourth-order valence-electron chi connectivity index (χ4n) is 6.95. The summed E-state index contributed by atoms with van der Waals surface area (Å²) < 4.78 is 4.81. The Balaban J connectivity index is 1.24. The number of rotatable bonds is 4. The summed E-state index contributed by atoms with van der Waals surface area (Å²) in [4.78, 5) is 0. The minimum atomic E-state index is 1.16. The van der Waals surface area contributed by atoms with Crippen molar-refractivity contribution in [3.63, 3.8) is 0 Å². The zero-order chi connectivity index (χ0) is 29.0. The lowest BCUT2D eigenvalue weighted by Crippen LogP contribution is -1.97. The van der Waals surface area contributed by atoms with Crippen molar-refractivity contribution in [2.45, 2.75) is 0 Å². The van der Waals surface area contributed by atoms with E-state index in [4.69, 9.17) is 0 Å². The van der Waals surface area contributed by atoms with Crippen LogP contribution >= 0.6 is 0 Å². The van der Waals surface area contributed by atoms with Crippen LogP contribution in [0.3, 0.4) is 0 Å². The summed E-state index contributed by atoms with van der Waals surface area (Å²) >= 11 is 0. The van der Waals surface area contributed by atoms with E-state index in [2.05, 4.69) is 179 Å². The Kier molecular flexibility index (Phi) is 5.54. The van der Waals surface area contributed by atoms with Crippen LogP contribution in [0.5, 0.6) is 0 Å². The molecule has 0 aliphatic carbocycles. The van der Waals surface area contributed by atoms with E-state index >= 15 is 0 Å². The molecule has 7 aromatic carbocycles. The molecular weight excluding hydrogens is 532 g/mol. The van der Waals surface area contributed by atoms with Crippen LogP contribution < -0.4 is 0 Å². The first-order chi connectivity index (χ1) is 21.8. The van der Waals surface area contributed by atoms with Crippen LogP contribution in [0.2, 0.25) is 0 Å². The van der Waals surface area contributed by atoms with E-state index in [9.17, 15) is 0 Å². The molecule has 0 saturated heterocycles. The highest BCUT2D eigenvalue weighted by Gasteiger charge is 2.17. The summed E-state index contributed by atoms with van der Waals surface area (Å²) in [5, 5.41) is 5.05. The Morgan fingerprint density at radius 2 is 0.773 bits per heavy atom. The number of aromatic nitrogens is 2. The normalized spacial score (nSPS) is 11.6. The molecule has 0 spiro atoms. The number of nitrogens with zero attached hydrogens (tertiary/aromatic N) is 2. The second-order valence-electron chi connectivity index (χ2n) is 11.4. The lowest BCUT2D eigenvalue weighted by molar-refractivity contribution is 1.18. The van der Waals surface area contributed by atoms with Gasteiger partial charge >= 0.3 is 0 Å². The maximum Gasteiger partial charge on any atom is 0.0541 e. The minimum absolute atomic E-state index is 1.16. The average molecular weight is 561 g/mol. The van der Waals surface area contributed by atoms with Crippen molar-refractivity contribution < 1.29 is 0 Å². The molecule has 0 saturated carbocycles. The molecule has 0 fully saturated rings. The monoisotopic (exact) mass is 560 g/mol. The number of para-hydroxylation sites is 4. The summed E-state index contributed by atoms with van der Waals surface area (Å²) in [6, 6.07) is 61.4. The molecule has 9 aromatic rings. The van der Waals surface area contributed by atoms with E-state index in [-0.39, 0.29) is 0 Å². The van der Waals surface area contributed by atoms with Crippen molar-refractivity contribution in [2.24, 2.45) is 0 Å². The first kappa shape index (κ1) is 24.7. The molecule has 0 N–H and O–H groups in total. The van der Waals surface area contributed by atoms with Gasteiger partial charge in [0.15, 0.2) is 0 Å². The maximum absolute atomic E-state index is 2.42. The van der Waals surface area contributed by atoms with E-state index in [1.165, 1.54) is 71.6 Å². The number of fused-ring (bicyclic) bond motifs is 6. The number of hydrogen-bond donors (Lipinski definition) is 0. The van der Waals surface area contributed by atoms with Crippen molar-refractivity contribution >= 4 is 43.6 Å². The van der Waals surface area contributed by atoms with Crippen LogP contribution in [-0.4, -0.2) is 9.13 Å². The van der Waals surface area contributed by atoms with Crippen LogP contribution in [0, 0.1) is 0 Å². The molecular formula is C42H28N2. The Bertz CT molecular complexity index is 2420. The third-order valence-corrected chi connectivity index (χ3v) is 8.94. The highest BCUT2D eigenvalue weighted by Crippen LogP contribution is 2.39. The third-order valence-electron chi connectivity index (χ3n) is 8.94. The van der Waals surface area contributed by atoms with Crippen molar-refractivity contribution in [3.05, 3.63) is 170 Å². The van der Waals surface area contributed by atoms with Gasteiger partial charge in [0.25, 0.3) is 0 Å². The lowest BCUT2D eigenvalue weighted by Gasteiger charge is -2.14. The molecule has 206 valence electrons. The minimum Gasteiger partial charge on any atom is -0.309 e. The third kappa shape index (κ3) is 3.75. The maximum atomic E-state index is 2.42. The van der Waals surface area contributed by atoms with E-state index in [0.29, 0.717) is 0 Å². The van der Waals surface area contributed by atoms with E-state index < -0.39 is 0 Å². The fourth-order valence-corrected chi connectivity index (χ4v) is 6.95. The summed E-state index contributed by atoms with van der Waals surface area (Å²) in [5.74, 6) is 0. The lowest BCUT2D eigenvalue weighted by atomic mass is 10.0. The van der Waals surface area contributed by atoms with Crippen LogP contribution in [-0.2, 0) is 0 Å². The predicted molar refractivity (Wildman–Crippen MR) is 186 cm³/mol. The topological polar surface area (TPSA) is 9.86 Å². The van der Waals surface area contributed by atoms with Crippen LogP contribution in [0.1, 0.15) is 0 Å². The molecule has 0 atom stereocenters. The van der Waals surface area contributed by atoms with Gasteiger partial charge in [0, 0.05) is 32.8 Å². The van der Waals surface area contributed by atoms with Crippen molar-refractivity contribution in [2.75, 3.05) is 0 Å². The van der Waals surface area contributed by atoms with Gasteiger partial charge in [-0.2, -0.15) is 0 Å². The van der Waals surface area contributed by atoms with Gasteiger partial charge in [-0.25, -0.2) is 0 Å². The quantitative estimate of drug-likeness (QED) is 0.203. The van der Waals surface area contributed by atoms with Gasteiger partial charge in [0.05, 0.1) is 27.8 Å². The van der Waals surface area contributed by atoms with Crippen LogP contribution in [0.4, 0.5) is 0 Å². The molecule has 44 heavy (non-hydrogen) atoms. The smallest absolute Gasteiger partial charge is 0.0541 e. The standard InChI is InChI=1S/C42H28N2/c1-2-12-29(13-3-1)30-22-25-32(26-23-30)43-39-19-9-7-17-36(39)37-28-31(24-27-42(37)43)33-14-4-8-18-38(33)44-40-20-10-5-15-34(40)35-16-6-11-21-41(35)44/h1-28H. The van der Waals surface area contributed by atoms with Gasteiger partial charge in [-0.15, -0.1) is 0 Å².